The molecule has 0 radical (unpaired) electrons. The molecular formula is C13H19BClN3O3S. The van der Waals surface area contributed by atoms with Gasteiger partial charge < -0.3 is 9.83 Å². The van der Waals surface area contributed by atoms with Crippen molar-refractivity contribution in [1.82, 2.24) is 14.5 Å². The number of halogens is 1. The van der Waals surface area contributed by atoms with Gasteiger partial charge >= 0.3 is 7.05 Å². The molecule has 22 heavy (non-hydrogen) atoms. The van der Waals surface area contributed by atoms with Gasteiger partial charge in [0.15, 0.2) is 0 Å². The lowest BCUT2D eigenvalue weighted by atomic mass is 9.83. The van der Waals surface area contributed by atoms with Gasteiger partial charge in [-0.3, -0.25) is 4.98 Å². The normalized spacial score (nSPS) is 16.5. The van der Waals surface area contributed by atoms with Gasteiger partial charge in [0.25, 0.3) is 0 Å². The molecule has 1 aliphatic heterocycles. The third-order valence-corrected chi connectivity index (χ3v) is 4.47. The molecule has 1 aliphatic rings. The number of rotatable bonds is 5. The lowest BCUT2D eigenvalue weighted by Gasteiger charge is -2.27. The number of hydrogen-bond acceptors (Lipinski definition) is 5. The van der Waals surface area contributed by atoms with Gasteiger partial charge in [-0.1, -0.05) is 17.7 Å². The second kappa shape index (κ2) is 7.10. The molecule has 0 atom stereocenters. The highest BCUT2D eigenvalue weighted by Gasteiger charge is 2.21. The van der Waals surface area contributed by atoms with Crippen LogP contribution in [0.4, 0.5) is 0 Å². The predicted octanol–water partition coefficient (Wildman–Crippen LogP) is 0.984. The Kier molecular flexibility index (Phi) is 5.62. The molecule has 2 heterocycles. The number of nitrogens with zero attached hydrogens (tertiary/aromatic N) is 2. The van der Waals surface area contributed by atoms with Crippen LogP contribution in [0.15, 0.2) is 18.3 Å². The van der Waals surface area contributed by atoms with Gasteiger partial charge in [-0.15, -0.1) is 0 Å². The molecule has 120 valence electrons. The van der Waals surface area contributed by atoms with Crippen LogP contribution in [-0.2, 0) is 16.6 Å². The fourth-order valence-electron chi connectivity index (χ4n) is 2.26. The van der Waals surface area contributed by atoms with E-state index in [1.807, 2.05) is 10.9 Å². The Morgan fingerprint density at radius 1 is 1.55 bits per heavy atom. The Balaban J connectivity index is 2.10. The van der Waals surface area contributed by atoms with E-state index in [2.05, 4.69) is 9.71 Å². The zero-order valence-electron chi connectivity index (χ0n) is 12.6. The Morgan fingerprint density at radius 3 is 2.77 bits per heavy atom. The number of hydrogen-bond donors (Lipinski definition) is 2. The molecular weight excluding hydrogens is 324 g/mol. The van der Waals surface area contributed by atoms with Gasteiger partial charge in [0, 0.05) is 19.3 Å². The average molecular weight is 344 g/mol. The van der Waals surface area contributed by atoms with Gasteiger partial charge in [0.05, 0.1) is 17.0 Å². The molecule has 9 heteroatoms. The van der Waals surface area contributed by atoms with E-state index in [9.17, 15) is 13.4 Å². The van der Waals surface area contributed by atoms with Gasteiger partial charge in [0.1, 0.15) is 0 Å². The van der Waals surface area contributed by atoms with E-state index >= 15 is 0 Å². The molecule has 0 aromatic carbocycles. The van der Waals surface area contributed by atoms with Gasteiger partial charge in [-0.05, 0) is 37.0 Å². The first kappa shape index (κ1) is 17.4. The maximum absolute atomic E-state index is 11.1. The third kappa shape index (κ3) is 4.79. The highest BCUT2D eigenvalue weighted by Crippen LogP contribution is 2.27. The summed E-state index contributed by atoms with van der Waals surface area (Å²) in [4.78, 5) is 6.30. The number of sulfonamides is 1. The summed E-state index contributed by atoms with van der Waals surface area (Å²) in [5.74, 6) is 0. The maximum Gasteiger partial charge on any atom is 0.376 e. The van der Waals surface area contributed by atoms with Crippen LogP contribution in [0.1, 0.15) is 17.7 Å². The van der Waals surface area contributed by atoms with Crippen LogP contribution in [-0.4, -0.2) is 49.6 Å². The number of aromatic nitrogens is 1. The Hall–Kier alpha value is -0.925. The summed E-state index contributed by atoms with van der Waals surface area (Å²) >= 11 is 6.27. The number of nitrogens with one attached hydrogen (secondary N) is 1. The van der Waals surface area contributed by atoms with Crippen molar-refractivity contribution in [2.24, 2.45) is 0 Å². The van der Waals surface area contributed by atoms with Crippen LogP contribution in [0.25, 0.3) is 5.57 Å². The molecule has 0 aliphatic carbocycles. The summed E-state index contributed by atoms with van der Waals surface area (Å²) < 4.78 is 24.6. The molecule has 0 unspecified atom stereocenters. The van der Waals surface area contributed by atoms with E-state index in [-0.39, 0.29) is 6.54 Å². The van der Waals surface area contributed by atoms with Crippen LogP contribution in [0.2, 0.25) is 11.8 Å². The van der Waals surface area contributed by atoms with Crippen molar-refractivity contribution in [3.63, 3.8) is 0 Å². The van der Waals surface area contributed by atoms with Crippen LogP contribution in [0.5, 0.6) is 0 Å². The van der Waals surface area contributed by atoms with Crippen molar-refractivity contribution >= 4 is 34.2 Å². The summed E-state index contributed by atoms with van der Waals surface area (Å²) in [5, 5.41) is 10.1. The van der Waals surface area contributed by atoms with E-state index in [1.165, 1.54) is 0 Å². The highest BCUT2D eigenvalue weighted by molar-refractivity contribution is 7.88. The molecule has 2 N–H and O–H groups in total. The van der Waals surface area contributed by atoms with E-state index < -0.39 is 17.1 Å². The topological polar surface area (TPSA) is 82.5 Å². The summed E-state index contributed by atoms with van der Waals surface area (Å²) in [6.45, 7) is 3.32. The van der Waals surface area contributed by atoms with Crippen molar-refractivity contribution < 1.29 is 13.4 Å². The monoisotopic (exact) mass is 343 g/mol. The van der Waals surface area contributed by atoms with Gasteiger partial charge in [-0.25, -0.2) is 13.1 Å². The fraction of sp³-hybridized carbons (Fsp3) is 0.462. The van der Waals surface area contributed by atoms with E-state index in [0.717, 1.165) is 30.5 Å². The molecule has 0 saturated heterocycles. The zero-order chi connectivity index (χ0) is 16.3. The molecule has 1 aromatic heterocycles. The molecule has 0 amide bonds. The largest absolute Gasteiger partial charge is 0.437 e. The van der Waals surface area contributed by atoms with Crippen molar-refractivity contribution in [1.29, 1.82) is 0 Å². The van der Waals surface area contributed by atoms with Crippen molar-refractivity contribution in [3.05, 3.63) is 34.6 Å². The summed E-state index contributed by atoms with van der Waals surface area (Å²) in [6.07, 6.45) is 5.51. The maximum atomic E-state index is 11.1. The van der Waals surface area contributed by atoms with E-state index in [4.69, 9.17) is 11.6 Å². The predicted molar refractivity (Wildman–Crippen MR) is 88.9 cm³/mol. The minimum Gasteiger partial charge on any atom is -0.437 e. The lowest BCUT2D eigenvalue weighted by molar-refractivity contribution is 0.392. The molecule has 0 fully saturated rings. The van der Waals surface area contributed by atoms with E-state index in [1.54, 1.807) is 19.1 Å². The van der Waals surface area contributed by atoms with Crippen LogP contribution >= 0.6 is 11.6 Å². The second-order valence-electron chi connectivity index (χ2n) is 5.37. The Labute approximate surface area is 136 Å². The van der Waals surface area contributed by atoms with Crippen LogP contribution in [0, 0.1) is 0 Å². The first-order chi connectivity index (χ1) is 10.3. The zero-order valence-corrected chi connectivity index (χ0v) is 14.2. The highest BCUT2D eigenvalue weighted by atomic mass is 35.5. The quantitative estimate of drug-likeness (QED) is 0.779. The smallest absolute Gasteiger partial charge is 0.376 e. The van der Waals surface area contributed by atoms with Crippen LogP contribution < -0.4 is 4.72 Å². The molecule has 6 nitrogen and oxygen atoms in total. The molecule has 0 saturated carbocycles. The molecule has 0 spiro atoms. The van der Waals surface area contributed by atoms with Crippen molar-refractivity contribution in [2.75, 3.05) is 19.3 Å². The second-order valence-corrected chi connectivity index (χ2v) is 7.61. The van der Waals surface area contributed by atoms with Gasteiger partial charge in [-0.2, -0.15) is 0 Å². The summed E-state index contributed by atoms with van der Waals surface area (Å²) in [6, 6.07) is 1.73. The molecule has 0 bridgehead atoms. The Morgan fingerprint density at radius 2 is 2.27 bits per heavy atom. The molecule has 1 aromatic rings. The van der Waals surface area contributed by atoms with E-state index in [0.29, 0.717) is 17.1 Å². The minimum atomic E-state index is -3.24. The number of pyridine rings is 1. The lowest BCUT2D eigenvalue weighted by Crippen LogP contribution is -2.39. The van der Waals surface area contributed by atoms with Gasteiger partial charge in [0.2, 0.25) is 10.0 Å². The first-order valence-electron chi connectivity index (χ1n) is 6.97. The summed E-state index contributed by atoms with van der Waals surface area (Å²) in [7, 11) is -3.71. The van der Waals surface area contributed by atoms with Crippen molar-refractivity contribution in [3.8, 4) is 0 Å². The summed E-state index contributed by atoms with van der Waals surface area (Å²) in [5.41, 5.74) is 2.47. The third-order valence-electron chi connectivity index (χ3n) is 3.51. The SMILES string of the molecule is CB(O)N1CC=C(c2ncc(CNS(C)(=O)=O)cc2Cl)CC1. The molecule has 2 rings (SSSR count). The Bertz CT molecular complexity index is 679. The van der Waals surface area contributed by atoms with Crippen molar-refractivity contribution in [2.45, 2.75) is 19.8 Å². The fourth-order valence-corrected chi connectivity index (χ4v) is 3.00. The standard InChI is InChI=1S/C13H19BClN3O3S/c1-14(19)18-5-3-11(4-6-18)13-12(15)7-10(8-16-13)9-17-22(2,20)21/h3,7-8,17,19H,4-6,9H2,1-2H3. The van der Waals surface area contributed by atoms with Crippen LogP contribution in [0.3, 0.4) is 0 Å². The average Bonchev–Trinajstić information content (AvgIpc) is 2.44. The first-order valence-corrected chi connectivity index (χ1v) is 9.24. The minimum absolute atomic E-state index is 0.167.